The Morgan fingerprint density at radius 2 is 1.60 bits per heavy atom. The van der Waals surface area contributed by atoms with Crippen LogP contribution in [-0.4, -0.2) is 37.0 Å². The topological polar surface area (TPSA) is 101 Å². The highest BCUT2D eigenvalue weighted by molar-refractivity contribution is 6.15. The largest absolute Gasteiger partial charge is 0.494 e. The summed E-state index contributed by atoms with van der Waals surface area (Å²) in [5, 5.41) is 12.2. The second kappa shape index (κ2) is 10.0. The van der Waals surface area contributed by atoms with Crippen molar-refractivity contribution in [3.05, 3.63) is 99.2 Å². The number of nitro groups is 1. The number of nitrogens with zero attached hydrogens (tertiary/aromatic N) is 2. The first-order valence-electron chi connectivity index (χ1n) is 10.6. The Balaban J connectivity index is 1.75. The molecule has 0 radical (unpaired) electrons. The molecule has 8 nitrogen and oxygen atoms in total. The summed E-state index contributed by atoms with van der Waals surface area (Å²) in [6.45, 7) is 0. The van der Waals surface area contributed by atoms with Gasteiger partial charge < -0.3 is 14.2 Å². The Labute approximate surface area is 201 Å². The normalized spacial score (nSPS) is 10.9. The molecule has 4 rings (SSSR count). The number of rotatable bonds is 8. The second-order valence-corrected chi connectivity index (χ2v) is 7.51. The predicted octanol–water partition coefficient (Wildman–Crippen LogP) is 5.57. The van der Waals surface area contributed by atoms with Crippen molar-refractivity contribution < 1.29 is 23.9 Å². The number of ketones is 1. The van der Waals surface area contributed by atoms with Crippen molar-refractivity contribution >= 4 is 34.5 Å². The van der Waals surface area contributed by atoms with E-state index >= 15 is 0 Å². The zero-order valence-corrected chi connectivity index (χ0v) is 19.3. The lowest BCUT2D eigenvalue weighted by molar-refractivity contribution is -0.385. The Bertz CT molecular complexity index is 1460. The number of methoxy groups -OCH3 is 3. The average Bonchev–Trinajstić information content (AvgIpc) is 2.90. The van der Waals surface area contributed by atoms with E-state index in [0.717, 1.165) is 10.9 Å². The molecule has 0 aliphatic rings. The van der Waals surface area contributed by atoms with Gasteiger partial charge in [0.05, 0.1) is 37.5 Å². The van der Waals surface area contributed by atoms with E-state index in [1.807, 2.05) is 42.5 Å². The van der Waals surface area contributed by atoms with Crippen molar-refractivity contribution in [1.82, 2.24) is 4.98 Å². The van der Waals surface area contributed by atoms with Crippen LogP contribution in [0.25, 0.3) is 23.1 Å². The molecular formula is C27H22N2O6. The van der Waals surface area contributed by atoms with Crippen molar-refractivity contribution in [1.29, 1.82) is 0 Å². The van der Waals surface area contributed by atoms with E-state index in [9.17, 15) is 14.9 Å². The van der Waals surface area contributed by atoms with Crippen LogP contribution >= 0.6 is 0 Å². The highest BCUT2D eigenvalue weighted by Gasteiger charge is 2.24. The van der Waals surface area contributed by atoms with Gasteiger partial charge in [0.15, 0.2) is 17.2 Å². The Hall–Kier alpha value is -4.72. The molecule has 0 bridgehead atoms. The molecule has 0 atom stereocenters. The fourth-order valence-corrected chi connectivity index (χ4v) is 3.76. The summed E-state index contributed by atoms with van der Waals surface area (Å²) in [6, 6.07) is 18.5. The third-order valence-corrected chi connectivity index (χ3v) is 5.49. The Morgan fingerprint density at radius 3 is 2.31 bits per heavy atom. The molecule has 176 valence electrons. The molecule has 8 heteroatoms. The van der Waals surface area contributed by atoms with E-state index < -0.39 is 10.7 Å². The molecule has 0 aliphatic heterocycles. The van der Waals surface area contributed by atoms with Crippen molar-refractivity contribution in [2.45, 2.75) is 0 Å². The summed E-state index contributed by atoms with van der Waals surface area (Å²) in [5.41, 5.74) is 1.92. The molecule has 0 unspecified atom stereocenters. The first-order chi connectivity index (χ1) is 17.0. The van der Waals surface area contributed by atoms with Crippen LogP contribution in [-0.2, 0) is 0 Å². The number of para-hydroxylation sites is 1. The van der Waals surface area contributed by atoms with E-state index in [4.69, 9.17) is 14.2 Å². The molecule has 4 aromatic rings. The maximum atomic E-state index is 13.3. The zero-order chi connectivity index (χ0) is 24.9. The minimum absolute atomic E-state index is 0.0142. The van der Waals surface area contributed by atoms with Crippen LogP contribution in [0.2, 0.25) is 0 Å². The SMILES string of the molecule is COc1ccc(C=Cc2ccc3ccc(C(=O)c4ccccc4[N+](=O)[O-])c(OC)c3n2)cc1OC. The van der Waals surface area contributed by atoms with Gasteiger partial charge in [0.25, 0.3) is 5.69 Å². The smallest absolute Gasteiger partial charge is 0.280 e. The molecule has 0 spiro atoms. The van der Waals surface area contributed by atoms with Crippen LogP contribution < -0.4 is 14.2 Å². The number of pyridine rings is 1. The van der Waals surface area contributed by atoms with Gasteiger partial charge in [-0.1, -0.05) is 36.4 Å². The third kappa shape index (κ3) is 4.67. The van der Waals surface area contributed by atoms with Crippen LogP contribution in [0.5, 0.6) is 17.2 Å². The van der Waals surface area contributed by atoms with Crippen molar-refractivity contribution in [3.63, 3.8) is 0 Å². The number of carbonyl (C=O) groups is 1. The lowest BCUT2D eigenvalue weighted by Gasteiger charge is -2.11. The van der Waals surface area contributed by atoms with Crippen molar-refractivity contribution in [2.24, 2.45) is 0 Å². The number of nitro benzene ring substituents is 1. The standard InChI is InChI=1S/C27H22N2O6/c1-33-23-15-9-17(16-24(23)34-2)8-12-19-13-10-18-11-14-21(27(35-3)25(18)28-19)26(30)20-6-4-5-7-22(20)29(31)32/h4-16H,1-3H3. The van der Waals surface area contributed by atoms with Crippen molar-refractivity contribution in [2.75, 3.05) is 21.3 Å². The molecule has 1 heterocycles. The Morgan fingerprint density at radius 1 is 0.857 bits per heavy atom. The van der Waals surface area contributed by atoms with Gasteiger partial charge in [0.2, 0.25) is 5.78 Å². The van der Waals surface area contributed by atoms with Crippen LogP contribution in [0.4, 0.5) is 5.69 Å². The molecule has 0 aliphatic carbocycles. The van der Waals surface area contributed by atoms with Gasteiger partial charge in [-0.25, -0.2) is 4.98 Å². The monoisotopic (exact) mass is 470 g/mol. The fraction of sp³-hybridized carbons (Fsp3) is 0.111. The van der Waals surface area contributed by atoms with E-state index in [-0.39, 0.29) is 22.6 Å². The molecular weight excluding hydrogens is 448 g/mol. The average molecular weight is 470 g/mol. The number of hydrogen-bond acceptors (Lipinski definition) is 7. The molecule has 35 heavy (non-hydrogen) atoms. The van der Waals surface area contributed by atoms with Gasteiger partial charge >= 0.3 is 0 Å². The summed E-state index contributed by atoms with van der Waals surface area (Å²) < 4.78 is 16.2. The third-order valence-electron chi connectivity index (χ3n) is 5.49. The van der Waals surface area contributed by atoms with Gasteiger partial charge in [-0.2, -0.15) is 0 Å². The summed E-state index contributed by atoms with van der Waals surface area (Å²) in [5.74, 6) is 0.992. The second-order valence-electron chi connectivity index (χ2n) is 7.51. The van der Waals surface area contributed by atoms with Crippen LogP contribution in [0.1, 0.15) is 27.2 Å². The van der Waals surface area contributed by atoms with Gasteiger partial charge in [-0.05, 0) is 42.0 Å². The van der Waals surface area contributed by atoms with E-state index in [2.05, 4.69) is 4.98 Å². The number of carbonyl (C=O) groups excluding carboxylic acids is 1. The predicted molar refractivity (Wildman–Crippen MR) is 133 cm³/mol. The molecule has 0 amide bonds. The van der Waals surface area contributed by atoms with Crippen LogP contribution in [0, 0.1) is 10.1 Å². The highest BCUT2D eigenvalue weighted by Crippen LogP contribution is 2.33. The molecule has 0 N–H and O–H groups in total. The van der Waals surface area contributed by atoms with E-state index in [1.54, 1.807) is 32.4 Å². The van der Waals surface area contributed by atoms with Crippen molar-refractivity contribution in [3.8, 4) is 17.2 Å². The van der Waals surface area contributed by atoms with Gasteiger partial charge in [0.1, 0.15) is 11.1 Å². The molecule has 0 saturated heterocycles. The first-order valence-corrected chi connectivity index (χ1v) is 10.6. The lowest BCUT2D eigenvalue weighted by Crippen LogP contribution is -2.08. The molecule has 0 fully saturated rings. The summed E-state index contributed by atoms with van der Waals surface area (Å²) in [7, 11) is 4.60. The molecule has 1 aromatic heterocycles. The fourth-order valence-electron chi connectivity index (χ4n) is 3.76. The summed E-state index contributed by atoms with van der Waals surface area (Å²) in [4.78, 5) is 28.8. The minimum Gasteiger partial charge on any atom is -0.494 e. The minimum atomic E-state index is -0.573. The Kier molecular flexibility index (Phi) is 6.73. The number of fused-ring (bicyclic) bond motifs is 1. The number of ether oxygens (including phenoxy) is 3. The van der Waals surface area contributed by atoms with Crippen LogP contribution in [0.3, 0.4) is 0 Å². The zero-order valence-electron chi connectivity index (χ0n) is 19.3. The highest BCUT2D eigenvalue weighted by atomic mass is 16.6. The van der Waals surface area contributed by atoms with Gasteiger partial charge in [-0.3, -0.25) is 14.9 Å². The first kappa shape index (κ1) is 23.4. The van der Waals surface area contributed by atoms with E-state index in [0.29, 0.717) is 22.7 Å². The van der Waals surface area contributed by atoms with Crippen LogP contribution in [0.15, 0.2) is 66.7 Å². The number of benzene rings is 3. The van der Waals surface area contributed by atoms with Gasteiger partial charge in [0, 0.05) is 11.5 Å². The maximum Gasteiger partial charge on any atom is 0.280 e. The molecule has 3 aromatic carbocycles. The summed E-state index contributed by atoms with van der Waals surface area (Å²) >= 11 is 0. The van der Waals surface area contributed by atoms with Gasteiger partial charge in [-0.15, -0.1) is 0 Å². The maximum absolute atomic E-state index is 13.3. The molecule has 0 saturated carbocycles. The lowest BCUT2D eigenvalue weighted by atomic mass is 9.99. The quantitative estimate of drug-likeness (QED) is 0.188. The number of aromatic nitrogens is 1. The number of hydrogen-bond donors (Lipinski definition) is 0. The summed E-state index contributed by atoms with van der Waals surface area (Å²) in [6.07, 6.45) is 3.71. The van der Waals surface area contributed by atoms with E-state index in [1.165, 1.54) is 25.3 Å².